The standard InChI is InChI=1S/C6H11FO6/c7-13-5-4(10)3(9)2(1-8)12-6(5)11/h2-6,8-11H,1H2/t2-,3-,4-,5+,6?/m0/s1. The lowest BCUT2D eigenvalue weighted by molar-refractivity contribution is -0.342. The molecule has 0 spiro atoms. The molecule has 1 heterocycles. The van der Waals surface area contributed by atoms with Crippen LogP contribution in [0.1, 0.15) is 0 Å². The highest BCUT2D eigenvalue weighted by atomic mass is 19.3. The molecule has 1 saturated heterocycles. The van der Waals surface area contributed by atoms with Crippen molar-refractivity contribution in [2.45, 2.75) is 30.7 Å². The lowest BCUT2D eigenvalue weighted by Gasteiger charge is -2.37. The summed E-state index contributed by atoms with van der Waals surface area (Å²) in [5, 5.41) is 35.9. The first kappa shape index (κ1) is 10.8. The van der Waals surface area contributed by atoms with Gasteiger partial charge >= 0.3 is 0 Å². The zero-order valence-corrected chi connectivity index (χ0v) is 6.58. The van der Waals surface area contributed by atoms with Gasteiger partial charge in [0.2, 0.25) is 0 Å². The number of rotatable bonds is 2. The quantitative estimate of drug-likeness (QED) is 0.398. The first-order valence-electron chi connectivity index (χ1n) is 3.69. The van der Waals surface area contributed by atoms with Gasteiger partial charge in [0.05, 0.1) is 6.61 Å². The molecule has 78 valence electrons. The number of ether oxygens (including phenoxy) is 1. The highest BCUT2D eigenvalue weighted by Crippen LogP contribution is 2.21. The molecule has 1 aliphatic heterocycles. The van der Waals surface area contributed by atoms with E-state index < -0.39 is 37.3 Å². The average molecular weight is 198 g/mol. The Kier molecular flexibility index (Phi) is 3.54. The summed E-state index contributed by atoms with van der Waals surface area (Å²) in [5.74, 6) is 0. The average Bonchev–Trinajstić information content (AvgIpc) is 2.12. The summed E-state index contributed by atoms with van der Waals surface area (Å²) in [6.07, 6.45) is -7.63. The Hall–Kier alpha value is -0.310. The fourth-order valence-electron chi connectivity index (χ4n) is 1.17. The van der Waals surface area contributed by atoms with Crippen molar-refractivity contribution >= 4 is 0 Å². The fraction of sp³-hybridized carbons (Fsp3) is 1.00. The van der Waals surface area contributed by atoms with Gasteiger partial charge in [0.15, 0.2) is 12.4 Å². The van der Waals surface area contributed by atoms with Gasteiger partial charge in [-0.2, -0.15) is 4.94 Å². The molecule has 13 heavy (non-hydrogen) atoms. The normalized spacial score (nSPS) is 46.4. The second-order valence-corrected chi connectivity index (χ2v) is 2.78. The summed E-state index contributed by atoms with van der Waals surface area (Å²) in [6, 6.07) is 0. The SMILES string of the molecule is OC[C@@H]1OC(O)[C@H](OF)[C@@H](O)[C@H]1O. The molecule has 0 amide bonds. The molecule has 0 radical (unpaired) electrons. The Balaban J connectivity index is 2.66. The highest BCUT2D eigenvalue weighted by molar-refractivity contribution is 4.88. The maximum absolute atomic E-state index is 11.7. The van der Waals surface area contributed by atoms with Crippen LogP contribution in [0.25, 0.3) is 0 Å². The van der Waals surface area contributed by atoms with Crippen molar-refractivity contribution in [3.8, 4) is 0 Å². The van der Waals surface area contributed by atoms with Crippen molar-refractivity contribution < 1.29 is 34.6 Å². The minimum Gasteiger partial charge on any atom is -0.394 e. The summed E-state index contributed by atoms with van der Waals surface area (Å²) in [6.45, 7) is -0.589. The van der Waals surface area contributed by atoms with Gasteiger partial charge in [-0.3, -0.25) is 0 Å². The molecule has 0 saturated carbocycles. The Morgan fingerprint density at radius 3 is 2.31 bits per heavy atom. The predicted molar refractivity (Wildman–Crippen MR) is 36.0 cm³/mol. The number of aliphatic hydroxyl groups is 4. The van der Waals surface area contributed by atoms with Crippen LogP contribution < -0.4 is 0 Å². The Bertz CT molecular complexity index is 167. The van der Waals surface area contributed by atoms with Crippen LogP contribution in [0.3, 0.4) is 0 Å². The maximum Gasteiger partial charge on any atom is 0.187 e. The van der Waals surface area contributed by atoms with Crippen LogP contribution in [0, 0.1) is 0 Å². The summed E-state index contributed by atoms with van der Waals surface area (Å²) in [5.41, 5.74) is 0. The van der Waals surface area contributed by atoms with Gasteiger partial charge in [0, 0.05) is 0 Å². The van der Waals surface area contributed by atoms with E-state index in [0.717, 1.165) is 0 Å². The van der Waals surface area contributed by atoms with Crippen LogP contribution in [0.4, 0.5) is 4.53 Å². The minimum absolute atomic E-state index is 0.589. The largest absolute Gasteiger partial charge is 0.394 e. The van der Waals surface area contributed by atoms with E-state index in [2.05, 4.69) is 9.68 Å². The minimum atomic E-state index is -1.71. The van der Waals surface area contributed by atoms with Crippen LogP contribution in [0.15, 0.2) is 0 Å². The predicted octanol–water partition coefficient (Wildman–Crippen LogP) is -2.31. The van der Waals surface area contributed by atoms with Gasteiger partial charge < -0.3 is 25.2 Å². The van der Waals surface area contributed by atoms with Gasteiger partial charge in [-0.15, -0.1) is 0 Å². The third-order valence-corrected chi connectivity index (χ3v) is 1.95. The van der Waals surface area contributed by atoms with Crippen molar-refractivity contribution in [1.29, 1.82) is 0 Å². The van der Waals surface area contributed by atoms with Gasteiger partial charge in [-0.1, -0.05) is 0 Å². The highest BCUT2D eigenvalue weighted by Gasteiger charge is 2.45. The Labute approximate surface area is 73.0 Å². The first-order valence-corrected chi connectivity index (χ1v) is 3.69. The molecule has 5 atom stereocenters. The second-order valence-electron chi connectivity index (χ2n) is 2.78. The maximum atomic E-state index is 11.7. The molecule has 1 aliphatic rings. The molecule has 0 aliphatic carbocycles. The van der Waals surface area contributed by atoms with Crippen LogP contribution in [0.2, 0.25) is 0 Å². The lowest BCUT2D eigenvalue weighted by Crippen LogP contribution is -2.58. The van der Waals surface area contributed by atoms with E-state index in [9.17, 15) is 4.53 Å². The van der Waals surface area contributed by atoms with Crippen molar-refractivity contribution in [2.24, 2.45) is 0 Å². The first-order chi connectivity index (χ1) is 6.11. The van der Waals surface area contributed by atoms with E-state index in [1.165, 1.54) is 0 Å². The van der Waals surface area contributed by atoms with E-state index in [1.54, 1.807) is 0 Å². The molecule has 7 heteroatoms. The molecular weight excluding hydrogens is 187 g/mol. The molecule has 0 aromatic carbocycles. The summed E-state index contributed by atoms with van der Waals surface area (Å²) < 4.78 is 16.3. The lowest BCUT2D eigenvalue weighted by atomic mass is 9.99. The molecule has 1 fully saturated rings. The Morgan fingerprint density at radius 1 is 1.23 bits per heavy atom. The second kappa shape index (κ2) is 4.27. The van der Waals surface area contributed by atoms with Crippen LogP contribution in [-0.2, 0) is 9.68 Å². The van der Waals surface area contributed by atoms with Crippen LogP contribution >= 0.6 is 0 Å². The van der Waals surface area contributed by atoms with Crippen molar-refractivity contribution in [1.82, 2.24) is 0 Å². The zero-order valence-electron chi connectivity index (χ0n) is 6.58. The Morgan fingerprint density at radius 2 is 1.85 bits per heavy atom. The van der Waals surface area contributed by atoms with Crippen LogP contribution in [-0.4, -0.2) is 57.7 Å². The van der Waals surface area contributed by atoms with Crippen LogP contribution in [0.5, 0.6) is 0 Å². The fourth-order valence-corrected chi connectivity index (χ4v) is 1.17. The number of hydrogen-bond donors (Lipinski definition) is 4. The van der Waals surface area contributed by atoms with E-state index in [4.69, 9.17) is 20.4 Å². The van der Waals surface area contributed by atoms with Gasteiger partial charge in [-0.05, 0) is 4.53 Å². The molecule has 1 unspecified atom stereocenters. The monoisotopic (exact) mass is 198 g/mol. The smallest absolute Gasteiger partial charge is 0.187 e. The molecule has 1 rings (SSSR count). The van der Waals surface area contributed by atoms with E-state index >= 15 is 0 Å². The number of halogens is 1. The molecule has 0 aromatic heterocycles. The summed E-state index contributed by atoms with van der Waals surface area (Å²) >= 11 is 0. The third-order valence-electron chi connectivity index (χ3n) is 1.95. The molecule has 4 N–H and O–H groups in total. The number of hydrogen-bond acceptors (Lipinski definition) is 6. The van der Waals surface area contributed by atoms with Gasteiger partial charge in [0.1, 0.15) is 18.3 Å². The van der Waals surface area contributed by atoms with Gasteiger partial charge in [-0.25, -0.2) is 0 Å². The summed E-state index contributed by atoms with van der Waals surface area (Å²) in [7, 11) is 0. The topological polar surface area (TPSA) is 99.4 Å². The number of aliphatic hydroxyl groups excluding tert-OH is 4. The van der Waals surface area contributed by atoms with Crippen molar-refractivity contribution in [3.63, 3.8) is 0 Å². The van der Waals surface area contributed by atoms with E-state index in [-0.39, 0.29) is 0 Å². The molecule has 0 bridgehead atoms. The zero-order chi connectivity index (χ0) is 10.0. The third kappa shape index (κ3) is 1.96. The van der Waals surface area contributed by atoms with Crippen molar-refractivity contribution in [2.75, 3.05) is 6.61 Å². The van der Waals surface area contributed by atoms with E-state index in [0.29, 0.717) is 0 Å². The van der Waals surface area contributed by atoms with Crippen molar-refractivity contribution in [3.05, 3.63) is 0 Å². The molecular formula is C6H11FO6. The van der Waals surface area contributed by atoms with Gasteiger partial charge in [0.25, 0.3) is 0 Å². The molecule has 0 aromatic rings. The summed E-state index contributed by atoms with van der Waals surface area (Å²) in [4.78, 5) is 3.21. The molecule has 6 nitrogen and oxygen atoms in total. The van der Waals surface area contributed by atoms with E-state index in [1.807, 2.05) is 0 Å².